The summed E-state index contributed by atoms with van der Waals surface area (Å²) in [5, 5.41) is 12.7. The predicted molar refractivity (Wildman–Crippen MR) is 80.5 cm³/mol. The Morgan fingerprint density at radius 1 is 1.11 bits per heavy atom. The van der Waals surface area contributed by atoms with Gasteiger partial charge in [0.05, 0.1) is 0 Å². The van der Waals surface area contributed by atoms with Crippen molar-refractivity contribution in [3.05, 3.63) is 64.1 Å². The minimum Gasteiger partial charge on any atom is -0.508 e. The summed E-state index contributed by atoms with van der Waals surface area (Å²) in [6.07, 6.45) is 0.997. The summed E-state index contributed by atoms with van der Waals surface area (Å²) in [6, 6.07) is 16.1. The first-order chi connectivity index (χ1) is 9.18. The molecular weight excluding hydrogens is 302 g/mol. The number of hydrogen-bond donors (Lipinski definition) is 2. The number of nitrogens with one attached hydrogen (secondary N) is 1. The summed E-state index contributed by atoms with van der Waals surface area (Å²) in [7, 11) is 0. The van der Waals surface area contributed by atoms with E-state index in [-0.39, 0.29) is 5.41 Å². The van der Waals surface area contributed by atoms with E-state index in [9.17, 15) is 5.11 Å². The van der Waals surface area contributed by atoms with E-state index in [0.717, 1.165) is 24.0 Å². The molecule has 1 aliphatic heterocycles. The second-order valence-electron chi connectivity index (χ2n) is 5.24. The number of hydrogen-bond acceptors (Lipinski definition) is 2. The third-order valence-corrected chi connectivity index (χ3v) is 4.34. The van der Waals surface area contributed by atoms with Crippen LogP contribution >= 0.6 is 15.9 Å². The Morgan fingerprint density at radius 2 is 1.84 bits per heavy atom. The van der Waals surface area contributed by atoms with E-state index in [0.29, 0.717) is 5.75 Å². The molecule has 3 heteroatoms. The molecule has 0 unspecified atom stereocenters. The number of halogens is 1. The summed E-state index contributed by atoms with van der Waals surface area (Å²) in [5.74, 6) is 0.326. The molecule has 0 spiro atoms. The van der Waals surface area contributed by atoms with Gasteiger partial charge >= 0.3 is 0 Å². The normalized spacial score (nSPS) is 16.9. The van der Waals surface area contributed by atoms with Crippen molar-refractivity contribution in [3.8, 4) is 5.75 Å². The molecule has 0 radical (unpaired) electrons. The molecule has 19 heavy (non-hydrogen) atoms. The van der Waals surface area contributed by atoms with Gasteiger partial charge in [-0.15, -0.1) is 0 Å². The SMILES string of the molecule is Oc1ccc(CC2(c3cccc(Br)c3)CNC2)cc1. The van der Waals surface area contributed by atoms with E-state index in [1.807, 2.05) is 12.1 Å². The van der Waals surface area contributed by atoms with Crippen LogP contribution in [0.15, 0.2) is 53.0 Å². The zero-order valence-corrected chi connectivity index (χ0v) is 12.2. The lowest BCUT2D eigenvalue weighted by molar-refractivity contribution is 0.274. The van der Waals surface area contributed by atoms with Gasteiger partial charge in [0, 0.05) is 23.0 Å². The Labute approximate surface area is 121 Å². The van der Waals surface area contributed by atoms with Crippen molar-refractivity contribution in [1.29, 1.82) is 0 Å². The highest BCUT2D eigenvalue weighted by atomic mass is 79.9. The smallest absolute Gasteiger partial charge is 0.115 e. The van der Waals surface area contributed by atoms with Crippen LogP contribution < -0.4 is 5.32 Å². The fourth-order valence-electron chi connectivity index (χ4n) is 2.68. The molecule has 98 valence electrons. The van der Waals surface area contributed by atoms with Gasteiger partial charge in [0.2, 0.25) is 0 Å². The third-order valence-electron chi connectivity index (χ3n) is 3.84. The molecule has 1 fully saturated rings. The molecule has 2 aromatic rings. The molecule has 2 N–H and O–H groups in total. The first-order valence-corrected chi connectivity index (χ1v) is 7.22. The topological polar surface area (TPSA) is 32.3 Å². The maximum Gasteiger partial charge on any atom is 0.115 e. The number of phenolic OH excluding ortho intramolecular Hbond substituents is 1. The maximum atomic E-state index is 9.36. The van der Waals surface area contributed by atoms with E-state index in [2.05, 4.69) is 45.5 Å². The van der Waals surface area contributed by atoms with Gasteiger partial charge in [-0.3, -0.25) is 0 Å². The monoisotopic (exact) mass is 317 g/mol. The second-order valence-corrected chi connectivity index (χ2v) is 6.15. The molecule has 3 rings (SSSR count). The van der Waals surface area contributed by atoms with Gasteiger partial charge in [-0.25, -0.2) is 0 Å². The van der Waals surface area contributed by atoms with E-state index >= 15 is 0 Å². The molecule has 2 aromatic carbocycles. The van der Waals surface area contributed by atoms with Gasteiger partial charge in [0.15, 0.2) is 0 Å². The van der Waals surface area contributed by atoms with Crippen LogP contribution in [-0.4, -0.2) is 18.2 Å². The molecule has 0 aromatic heterocycles. The van der Waals surface area contributed by atoms with Crippen LogP contribution in [0.4, 0.5) is 0 Å². The van der Waals surface area contributed by atoms with Crippen molar-refractivity contribution in [2.45, 2.75) is 11.8 Å². The Bertz CT molecular complexity index is 576. The standard InChI is InChI=1S/C16H16BrNO/c17-14-3-1-2-13(8-14)16(10-18-11-16)9-12-4-6-15(19)7-5-12/h1-8,18-19H,9-11H2. The molecule has 1 aliphatic rings. The van der Waals surface area contributed by atoms with Crippen LogP contribution in [-0.2, 0) is 11.8 Å². The lowest BCUT2D eigenvalue weighted by Gasteiger charge is -2.43. The first-order valence-electron chi connectivity index (χ1n) is 6.43. The number of benzene rings is 2. The van der Waals surface area contributed by atoms with Gasteiger partial charge in [0.1, 0.15) is 5.75 Å². The quantitative estimate of drug-likeness (QED) is 0.911. The van der Waals surface area contributed by atoms with E-state index in [1.54, 1.807) is 12.1 Å². The molecule has 1 heterocycles. The number of phenols is 1. The van der Waals surface area contributed by atoms with Gasteiger partial charge in [0.25, 0.3) is 0 Å². The summed E-state index contributed by atoms with van der Waals surface area (Å²) in [4.78, 5) is 0. The minimum absolute atomic E-state index is 0.181. The van der Waals surface area contributed by atoms with Gasteiger partial charge in [-0.1, -0.05) is 40.2 Å². The van der Waals surface area contributed by atoms with E-state index in [4.69, 9.17) is 0 Å². The van der Waals surface area contributed by atoms with Crippen LogP contribution in [0, 0.1) is 0 Å². The van der Waals surface area contributed by atoms with Crippen molar-refractivity contribution >= 4 is 15.9 Å². The molecule has 2 nitrogen and oxygen atoms in total. The largest absolute Gasteiger partial charge is 0.508 e. The Morgan fingerprint density at radius 3 is 2.42 bits per heavy atom. The summed E-state index contributed by atoms with van der Waals surface area (Å²) < 4.78 is 1.13. The summed E-state index contributed by atoms with van der Waals surface area (Å²) in [6.45, 7) is 2.01. The van der Waals surface area contributed by atoms with Gasteiger partial charge < -0.3 is 10.4 Å². The summed E-state index contributed by atoms with van der Waals surface area (Å²) >= 11 is 3.55. The van der Waals surface area contributed by atoms with Crippen LogP contribution in [0.5, 0.6) is 5.75 Å². The van der Waals surface area contributed by atoms with Crippen molar-refractivity contribution in [2.24, 2.45) is 0 Å². The highest BCUT2D eigenvalue weighted by Gasteiger charge is 2.38. The van der Waals surface area contributed by atoms with E-state index < -0.39 is 0 Å². The van der Waals surface area contributed by atoms with Crippen LogP contribution in [0.2, 0.25) is 0 Å². The van der Waals surface area contributed by atoms with Crippen LogP contribution in [0.3, 0.4) is 0 Å². The maximum absolute atomic E-state index is 9.36. The molecule has 0 saturated carbocycles. The summed E-state index contributed by atoms with van der Waals surface area (Å²) in [5.41, 5.74) is 2.81. The highest BCUT2D eigenvalue weighted by molar-refractivity contribution is 9.10. The molecular formula is C16H16BrNO. The average molecular weight is 318 g/mol. The lowest BCUT2D eigenvalue weighted by Crippen LogP contribution is -2.58. The van der Waals surface area contributed by atoms with Crippen molar-refractivity contribution in [3.63, 3.8) is 0 Å². The van der Waals surface area contributed by atoms with Crippen molar-refractivity contribution in [1.82, 2.24) is 5.32 Å². The number of rotatable bonds is 3. The zero-order valence-electron chi connectivity index (χ0n) is 10.6. The molecule has 0 atom stereocenters. The first kappa shape index (κ1) is 12.7. The van der Waals surface area contributed by atoms with Crippen molar-refractivity contribution < 1.29 is 5.11 Å². The van der Waals surface area contributed by atoms with Crippen LogP contribution in [0.1, 0.15) is 11.1 Å². The fourth-order valence-corrected chi connectivity index (χ4v) is 3.08. The third kappa shape index (κ3) is 2.53. The van der Waals surface area contributed by atoms with Gasteiger partial charge in [-0.05, 0) is 41.8 Å². The van der Waals surface area contributed by atoms with Crippen LogP contribution in [0.25, 0.3) is 0 Å². The Hall–Kier alpha value is -1.32. The van der Waals surface area contributed by atoms with E-state index in [1.165, 1.54) is 11.1 Å². The molecule has 0 aliphatic carbocycles. The average Bonchev–Trinajstić information content (AvgIpc) is 2.36. The van der Waals surface area contributed by atoms with Crippen molar-refractivity contribution in [2.75, 3.05) is 13.1 Å². The lowest BCUT2D eigenvalue weighted by atomic mass is 9.71. The zero-order chi connectivity index (χ0) is 13.3. The Balaban J connectivity index is 1.89. The molecule has 0 amide bonds. The predicted octanol–water partition coefficient (Wildman–Crippen LogP) is 3.24. The van der Waals surface area contributed by atoms with Gasteiger partial charge in [-0.2, -0.15) is 0 Å². The fraction of sp³-hybridized carbons (Fsp3) is 0.250. The molecule has 1 saturated heterocycles. The highest BCUT2D eigenvalue weighted by Crippen LogP contribution is 2.34. The Kier molecular flexibility index (Phi) is 3.33. The number of aromatic hydroxyl groups is 1. The second kappa shape index (κ2) is 4.99. The molecule has 0 bridgehead atoms. The minimum atomic E-state index is 0.181.